The number of aliphatic carboxylic acids is 1. The van der Waals surface area contributed by atoms with E-state index in [4.69, 9.17) is 9.94 Å². The summed E-state index contributed by atoms with van der Waals surface area (Å²) in [6.07, 6.45) is 0.908. The zero-order chi connectivity index (χ0) is 26.6. The van der Waals surface area contributed by atoms with E-state index in [1.54, 1.807) is 6.07 Å². The van der Waals surface area contributed by atoms with Crippen LogP contribution in [0.2, 0.25) is 0 Å². The van der Waals surface area contributed by atoms with Crippen LogP contribution in [0.25, 0.3) is 0 Å². The molecule has 200 valence electrons. The number of hydrogen-bond donors (Lipinski definition) is 1. The standard InChI is InChI=1S/C29H35F3N2O3/c1-3-20-14-22(12-13-24(20)16-34-17-25(18-34)28(35)36)19(2)33-37-27(21-8-5-4-6-9-21)23-10-7-11-26(15-23)29(30,31)32/h7,10-15,21,25,27H,3-6,8-9,16-18H2,1-2H3,(H,35,36)/b33-19+. The first-order valence-corrected chi connectivity index (χ1v) is 13.1. The number of benzene rings is 2. The van der Waals surface area contributed by atoms with Crippen molar-refractivity contribution in [2.45, 2.75) is 71.2 Å². The fourth-order valence-corrected chi connectivity index (χ4v) is 5.37. The third-order valence-electron chi connectivity index (χ3n) is 7.63. The van der Waals surface area contributed by atoms with Gasteiger partial charge in [0.25, 0.3) is 0 Å². The van der Waals surface area contributed by atoms with E-state index in [0.29, 0.717) is 30.9 Å². The number of oxime groups is 1. The lowest BCUT2D eigenvalue weighted by atomic mass is 9.82. The summed E-state index contributed by atoms with van der Waals surface area (Å²) >= 11 is 0. The van der Waals surface area contributed by atoms with Crippen molar-refractivity contribution in [3.63, 3.8) is 0 Å². The van der Waals surface area contributed by atoms with Crippen molar-refractivity contribution in [3.05, 3.63) is 70.3 Å². The maximum Gasteiger partial charge on any atom is 0.416 e. The van der Waals surface area contributed by atoms with E-state index in [1.165, 1.54) is 12.1 Å². The Morgan fingerprint density at radius 2 is 1.84 bits per heavy atom. The van der Waals surface area contributed by atoms with Gasteiger partial charge in [-0.05, 0) is 66.6 Å². The summed E-state index contributed by atoms with van der Waals surface area (Å²) in [6.45, 7) is 5.76. The number of carboxylic acid groups (broad SMARTS) is 1. The summed E-state index contributed by atoms with van der Waals surface area (Å²) < 4.78 is 40.1. The molecule has 1 unspecified atom stereocenters. The quantitative estimate of drug-likeness (QED) is 0.293. The highest BCUT2D eigenvalue weighted by Gasteiger charge is 2.34. The van der Waals surface area contributed by atoms with Crippen molar-refractivity contribution in [1.82, 2.24) is 4.90 Å². The van der Waals surface area contributed by atoms with E-state index in [-0.39, 0.29) is 11.8 Å². The second-order valence-electron chi connectivity index (χ2n) is 10.3. The molecule has 0 radical (unpaired) electrons. The largest absolute Gasteiger partial charge is 0.481 e. The Balaban J connectivity index is 1.51. The molecule has 4 rings (SSSR count). The monoisotopic (exact) mass is 516 g/mol. The number of rotatable bonds is 9. The summed E-state index contributed by atoms with van der Waals surface area (Å²) in [5, 5.41) is 13.5. The van der Waals surface area contributed by atoms with E-state index in [2.05, 4.69) is 23.0 Å². The van der Waals surface area contributed by atoms with Gasteiger partial charge in [0.1, 0.15) is 0 Å². The van der Waals surface area contributed by atoms with E-state index in [0.717, 1.165) is 61.3 Å². The van der Waals surface area contributed by atoms with Crippen LogP contribution in [0.4, 0.5) is 13.2 Å². The average Bonchev–Trinajstić information content (AvgIpc) is 2.86. The van der Waals surface area contributed by atoms with Gasteiger partial charge in [-0.1, -0.05) is 55.6 Å². The van der Waals surface area contributed by atoms with Crippen LogP contribution in [0, 0.1) is 11.8 Å². The summed E-state index contributed by atoms with van der Waals surface area (Å²) in [5.74, 6) is -0.913. The smallest absolute Gasteiger partial charge is 0.416 e. The van der Waals surface area contributed by atoms with Crippen molar-refractivity contribution in [2.24, 2.45) is 17.0 Å². The number of nitrogens with zero attached hydrogens (tertiary/aromatic N) is 2. The van der Waals surface area contributed by atoms with Gasteiger partial charge in [0, 0.05) is 25.6 Å². The van der Waals surface area contributed by atoms with Crippen LogP contribution in [-0.4, -0.2) is 34.8 Å². The molecule has 2 aromatic rings. The Hall–Kier alpha value is -2.87. The van der Waals surface area contributed by atoms with E-state index in [9.17, 15) is 18.0 Å². The lowest BCUT2D eigenvalue weighted by Gasteiger charge is -2.37. The van der Waals surface area contributed by atoms with Gasteiger partial charge in [-0.25, -0.2) is 0 Å². The van der Waals surface area contributed by atoms with Crippen LogP contribution >= 0.6 is 0 Å². The Labute approximate surface area is 216 Å². The molecule has 0 aromatic heterocycles. The normalized spacial score (nSPS) is 18.9. The van der Waals surface area contributed by atoms with Gasteiger partial charge in [0.05, 0.1) is 17.2 Å². The Morgan fingerprint density at radius 3 is 2.49 bits per heavy atom. The minimum absolute atomic E-state index is 0.119. The molecule has 0 bridgehead atoms. The Bertz CT molecular complexity index is 1120. The molecular formula is C29H35F3N2O3. The SMILES string of the molecule is CCc1cc(/C(C)=N/OC(c2cccc(C(F)(F)F)c2)C2CCCCC2)ccc1CN1CC(C(=O)O)C1. The first-order valence-electron chi connectivity index (χ1n) is 13.1. The number of aryl methyl sites for hydroxylation is 1. The van der Waals surface area contributed by atoms with Gasteiger partial charge in [-0.15, -0.1) is 0 Å². The lowest BCUT2D eigenvalue weighted by Crippen LogP contribution is -2.49. The summed E-state index contributed by atoms with van der Waals surface area (Å²) in [4.78, 5) is 19.2. The van der Waals surface area contributed by atoms with Crippen molar-refractivity contribution in [3.8, 4) is 0 Å². The second-order valence-corrected chi connectivity index (χ2v) is 10.3. The number of hydrogen-bond acceptors (Lipinski definition) is 4. The lowest BCUT2D eigenvalue weighted by molar-refractivity contribution is -0.147. The van der Waals surface area contributed by atoms with Gasteiger partial charge in [-0.2, -0.15) is 13.2 Å². The average molecular weight is 517 g/mol. The highest BCUT2D eigenvalue weighted by Crippen LogP contribution is 2.39. The molecule has 8 heteroatoms. The van der Waals surface area contributed by atoms with Crippen molar-refractivity contribution in [1.29, 1.82) is 0 Å². The van der Waals surface area contributed by atoms with Crippen molar-refractivity contribution < 1.29 is 27.9 Å². The molecule has 1 saturated carbocycles. The fraction of sp³-hybridized carbons (Fsp3) is 0.517. The highest BCUT2D eigenvalue weighted by molar-refractivity contribution is 5.98. The third-order valence-corrected chi connectivity index (χ3v) is 7.63. The van der Waals surface area contributed by atoms with Crippen LogP contribution < -0.4 is 0 Å². The van der Waals surface area contributed by atoms with Gasteiger partial charge in [0.15, 0.2) is 6.10 Å². The maximum absolute atomic E-state index is 13.4. The Kier molecular flexibility index (Phi) is 8.57. The molecule has 1 atom stereocenters. The minimum Gasteiger partial charge on any atom is -0.481 e. The number of alkyl halides is 3. The number of carboxylic acids is 1. The van der Waals surface area contributed by atoms with Gasteiger partial charge < -0.3 is 9.94 Å². The molecule has 1 saturated heterocycles. The molecule has 0 amide bonds. The summed E-state index contributed by atoms with van der Waals surface area (Å²) in [5.41, 5.74) is 3.73. The molecule has 1 aliphatic carbocycles. The highest BCUT2D eigenvalue weighted by atomic mass is 19.4. The predicted molar refractivity (Wildman–Crippen MR) is 136 cm³/mol. The Morgan fingerprint density at radius 1 is 1.11 bits per heavy atom. The fourth-order valence-electron chi connectivity index (χ4n) is 5.37. The first kappa shape index (κ1) is 27.2. The predicted octanol–water partition coefficient (Wildman–Crippen LogP) is 6.85. The molecular weight excluding hydrogens is 481 g/mol. The first-order chi connectivity index (χ1) is 17.7. The summed E-state index contributed by atoms with van der Waals surface area (Å²) in [7, 11) is 0. The summed E-state index contributed by atoms with van der Waals surface area (Å²) in [6, 6.07) is 11.5. The van der Waals surface area contributed by atoms with Gasteiger partial charge in [0.2, 0.25) is 0 Å². The topological polar surface area (TPSA) is 62.1 Å². The molecule has 37 heavy (non-hydrogen) atoms. The molecule has 1 N–H and O–H groups in total. The van der Waals surface area contributed by atoms with E-state index >= 15 is 0 Å². The van der Waals surface area contributed by atoms with Gasteiger partial charge in [-0.3, -0.25) is 9.69 Å². The minimum atomic E-state index is -4.41. The van der Waals surface area contributed by atoms with Crippen molar-refractivity contribution in [2.75, 3.05) is 13.1 Å². The van der Waals surface area contributed by atoms with Crippen LogP contribution in [-0.2, 0) is 28.8 Å². The number of halogens is 3. The second kappa shape index (κ2) is 11.7. The van der Waals surface area contributed by atoms with Crippen LogP contribution in [0.3, 0.4) is 0 Å². The van der Waals surface area contributed by atoms with Crippen LogP contribution in [0.1, 0.15) is 79.9 Å². The molecule has 1 heterocycles. The number of likely N-dealkylation sites (tertiary alicyclic amines) is 1. The molecule has 2 fully saturated rings. The molecule has 2 aliphatic rings. The van der Waals surface area contributed by atoms with Crippen molar-refractivity contribution >= 4 is 11.7 Å². The van der Waals surface area contributed by atoms with E-state index < -0.39 is 23.8 Å². The third kappa shape index (κ3) is 6.72. The molecule has 2 aromatic carbocycles. The molecule has 1 aliphatic heterocycles. The van der Waals surface area contributed by atoms with Gasteiger partial charge >= 0.3 is 12.1 Å². The zero-order valence-electron chi connectivity index (χ0n) is 21.4. The molecule has 5 nitrogen and oxygen atoms in total. The van der Waals surface area contributed by atoms with Crippen LogP contribution in [0.15, 0.2) is 47.6 Å². The maximum atomic E-state index is 13.4. The number of carbonyl (C=O) groups is 1. The van der Waals surface area contributed by atoms with E-state index in [1.807, 2.05) is 19.1 Å². The molecule has 0 spiro atoms. The zero-order valence-corrected chi connectivity index (χ0v) is 21.4. The van der Waals surface area contributed by atoms with Crippen LogP contribution in [0.5, 0.6) is 0 Å².